The second kappa shape index (κ2) is 8.16. The van der Waals surface area contributed by atoms with E-state index in [1.54, 1.807) is 23.0 Å². The Hall–Kier alpha value is -3.29. The SMILES string of the molecule is O=C(NCc1ccc(F)cc1)C1CCCN(c2ccc(-n3cccn3)nn2)C1. The first kappa shape index (κ1) is 18.1. The molecule has 1 amide bonds. The summed E-state index contributed by atoms with van der Waals surface area (Å²) in [5.74, 6) is 1.03. The highest BCUT2D eigenvalue weighted by molar-refractivity contribution is 5.79. The average molecular weight is 380 g/mol. The van der Waals surface area contributed by atoms with Crippen molar-refractivity contribution in [3.8, 4) is 5.82 Å². The zero-order valence-electron chi connectivity index (χ0n) is 15.3. The minimum Gasteiger partial charge on any atom is -0.354 e. The van der Waals surface area contributed by atoms with Gasteiger partial charge >= 0.3 is 0 Å². The molecular formula is C20H21FN6O. The van der Waals surface area contributed by atoms with E-state index >= 15 is 0 Å². The molecule has 8 heteroatoms. The fourth-order valence-corrected chi connectivity index (χ4v) is 3.35. The predicted molar refractivity (Wildman–Crippen MR) is 102 cm³/mol. The Balaban J connectivity index is 1.35. The third-order valence-electron chi connectivity index (χ3n) is 4.87. The minimum absolute atomic E-state index is 0.00939. The van der Waals surface area contributed by atoms with Crippen LogP contribution in [0.1, 0.15) is 18.4 Å². The van der Waals surface area contributed by atoms with Crippen molar-refractivity contribution < 1.29 is 9.18 Å². The number of carbonyl (C=O) groups excluding carboxylic acids is 1. The highest BCUT2D eigenvalue weighted by atomic mass is 19.1. The van der Waals surface area contributed by atoms with Crippen LogP contribution in [0.3, 0.4) is 0 Å². The van der Waals surface area contributed by atoms with Crippen LogP contribution < -0.4 is 10.2 Å². The standard InChI is InChI=1S/C20H21FN6O/c21-17-6-4-15(5-7-17)13-22-20(28)16-3-1-11-26(14-16)18-8-9-19(25-24-18)27-12-2-10-23-27/h2,4-10,12,16H,1,3,11,13-14H2,(H,22,28). The number of rotatable bonds is 5. The number of piperidine rings is 1. The lowest BCUT2D eigenvalue weighted by atomic mass is 9.97. The number of aromatic nitrogens is 4. The van der Waals surface area contributed by atoms with Crippen LogP contribution in [0.2, 0.25) is 0 Å². The van der Waals surface area contributed by atoms with Gasteiger partial charge in [0.1, 0.15) is 5.82 Å². The first-order valence-electron chi connectivity index (χ1n) is 9.30. The summed E-state index contributed by atoms with van der Waals surface area (Å²) in [4.78, 5) is 14.7. The lowest BCUT2D eigenvalue weighted by molar-refractivity contribution is -0.125. The van der Waals surface area contributed by atoms with E-state index in [4.69, 9.17) is 0 Å². The highest BCUT2D eigenvalue weighted by Crippen LogP contribution is 2.22. The first-order chi connectivity index (χ1) is 13.7. The molecule has 3 aromatic rings. The van der Waals surface area contributed by atoms with Gasteiger partial charge in [0.05, 0.1) is 5.92 Å². The van der Waals surface area contributed by atoms with Crippen LogP contribution in [0.15, 0.2) is 54.9 Å². The Morgan fingerprint density at radius 2 is 1.93 bits per heavy atom. The maximum absolute atomic E-state index is 13.0. The molecule has 1 saturated heterocycles. The summed E-state index contributed by atoms with van der Waals surface area (Å²) in [6.45, 7) is 1.84. The molecule has 1 N–H and O–H groups in total. The molecule has 7 nitrogen and oxygen atoms in total. The lowest BCUT2D eigenvalue weighted by Crippen LogP contribution is -2.43. The van der Waals surface area contributed by atoms with Crippen LogP contribution in [0, 0.1) is 11.7 Å². The van der Waals surface area contributed by atoms with Crippen LogP contribution in [0.5, 0.6) is 0 Å². The topological polar surface area (TPSA) is 75.9 Å². The van der Waals surface area contributed by atoms with E-state index in [1.165, 1.54) is 12.1 Å². The Labute approximate surface area is 162 Å². The monoisotopic (exact) mass is 380 g/mol. The van der Waals surface area contributed by atoms with Crippen molar-refractivity contribution in [2.45, 2.75) is 19.4 Å². The normalized spacial score (nSPS) is 16.8. The summed E-state index contributed by atoms with van der Waals surface area (Å²) in [5, 5.41) is 15.6. The van der Waals surface area contributed by atoms with Gasteiger partial charge in [-0.15, -0.1) is 10.2 Å². The van der Waals surface area contributed by atoms with E-state index in [9.17, 15) is 9.18 Å². The number of anilines is 1. The van der Waals surface area contributed by atoms with Gasteiger partial charge in [-0.05, 0) is 48.7 Å². The van der Waals surface area contributed by atoms with Gasteiger partial charge in [0.25, 0.3) is 0 Å². The summed E-state index contributed by atoms with van der Waals surface area (Å²) in [7, 11) is 0. The van der Waals surface area contributed by atoms with Gasteiger partial charge in [0.15, 0.2) is 11.6 Å². The molecule has 1 unspecified atom stereocenters. The van der Waals surface area contributed by atoms with Gasteiger partial charge in [0, 0.05) is 32.0 Å². The fourth-order valence-electron chi connectivity index (χ4n) is 3.35. The van der Waals surface area contributed by atoms with Gasteiger partial charge in [-0.1, -0.05) is 12.1 Å². The summed E-state index contributed by atoms with van der Waals surface area (Å²) in [6, 6.07) is 11.8. The summed E-state index contributed by atoms with van der Waals surface area (Å²) >= 11 is 0. The molecule has 144 valence electrons. The number of nitrogens with zero attached hydrogens (tertiary/aromatic N) is 5. The second-order valence-electron chi connectivity index (χ2n) is 6.83. The zero-order chi connectivity index (χ0) is 19.3. The van der Waals surface area contributed by atoms with Gasteiger partial charge < -0.3 is 10.2 Å². The molecule has 1 atom stereocenters. The fraction of sp³-hybridized carbons (Fsp3) is 0.300. The van der Waals surface area contributed by atoms with Crippen molar-refractivity contribution in [3.05, 3.63) is 66.2 Å². The molecule has 0 radical (unpaired) electrons. The van der Waals surface area contributed by atoms with E-state index in [0.29, 0.717) is 18.9 Å². The molecule has 4 rings (SSSR count). The number of amides is 1. The second-order valence-corrected chi connectivity index (χ2v) is 6.83. The molecule has 2 aromatic heterocycles. The maximum atomic E-state index is 13.0. The number of carbonyl (C=O) groups is 1. The number of hydrogen-bond acceptors (Lipinski definition) is 5. The molecule has 1 fully saturated rings. The van der Waals surface area contributed by atoms with Crippen molar-refractivity contribution in [3.63, 3.8) is 0 Å². The van der Waals surface area contributed by atoms with Gasteiger partial charge in [-0.25, -0.2) is 9.07 Å². The molecule has 1 aliphatic heterocycles. The van der Waals surface area contributed by atoms with Crippen LogP contribution in [0.4, 0.5) is 10.2 Å². The number of halogens is 1. The first-order valence-corrected chi connectivity index (χ1v) is 9.30. The third-order valence-corrected chi connectivity index (χ3v) is 4.87. The minimum atomic E-state index is -0.280. The van der Waals surface area contributed by atoms with E-state index < -0.39 is 0 Å². The van der Waals surface area contributed by atoms with E-state index in [1.807, 2.05) is 24.4 Å². The molecular weight excluding hydrogens is 359 g/mol. The average Bonchev–Trinajstić information content (AvgIpc) is 3.28. The number of hydrogen-bond donors (Lipinski definition) is 1. The Bertz CT molecular complexity index is 911. The highest BCUT2D eigenvalue weighted by Gasteiger charge is 2.26. The quantitative estimate of drug-likeness (QED) is 0.735. The molecule has 1 aliphatic rings. The smallest absolute Gasteiger partial charge is 0.225 e. The summed E-state index contributed by atoms with van der Waals surface area (Å²) < 4.78 is 14.6. The van der Waals surface area contributed by atoms with Gasteiger partial charge in [-0.3, -0.25) is 4.79 Å². The van der Waals surface area contributed by atoms with Crippen LogP contribution in [-0.4, -0.2) is 39.0 Å². The molecule has 3 heterocycles. The van der Waals surface area contributed by atoms with E-state index in [2.05, 4.69) is 25.5 Å². The molecule has 28 heavy (non-hydrogen) atoms. The third kappa shape index (κ3) is 4.16. The van der Waals surface area contributed by atoms with Crippen molar-refractivity contribution >= 4 is 11.7 Å². The molecule has 0 bridgehead atoms. The Morgan fingerprint density at radius 1 is 1.14 bits per heavy atom. The Kier molecular flexibility index (Phi) is 5.27. The predicted octanol–water partition coefficient (Wildman–Crippen LogP) is 2.33. The van der Waals surface area contributed by atoms with Crippen molar-refractivity contribution in [1.29, 1.82) is 0 Å². The van der Waals surface area contributed by atoms with Crippen LogP contribution in [0.25, 0.3) is 5.82 Å². The van der Waals surface area contributed by atoms with Gasteiger partial charge in [0.2, 0.25) is 5.91 Å². The molecule has 0 aliphatic carbocycles. The summed E-state index contributed by atoms with van der Waals surface area (Å²) in [6.07, 6.45) is 5.25. The van der Waals surface area contributed by atoms with Crippen LogP contribution in [-0.2, 0) is 11.3 Å². The van der Waals surface area contributed by atoms with Gasteiger partial charge in [-0.2, -0.15) is 5.10 Å². The summed E-state index contributed by atoms with van der Waals surface area (Å²) in [5.41, 5.74) is 0.877. The molecule has 1 aromatic carbocycles. The lowest BCUT2D eigenvalue weighted by Gasteiger charge is -2.32. The van der Waals surface area contributed by atoms with E-state index in [-0.39, 0.29) is 17.6 Å². The van der Waals surface area contributed by atoms with E-state index in [0.717, 1.165) is 30.8 Å². The Morgan fingerprint density at radius 3 is 2.64 bits per heavy atom. The zero-order valence-corrected chi connectivity index (χ0v) is 15.3. The number of nitrogens with one attached hydrogen (secondary N) is 1. The van der Waals surface area contributed by atoms with Crippen molar-refractivity contribution in [2.24, 2.45) is 5.92 Å². The van der Waals surface area contributed by atoms with Crippen molar-refractivity contribution in [2.75, 3.05) is 18.0 Å². The van der Waals surface area contributed by atoms with Crippen LogP contribution >= 0.6 is 0 Å². The maximum Gasteiger partial charge on any atom is 0.225 e. The molecule has 0 spiro atoms. The molecule has 0 saturated carbocycles. The van der Waals surface area contributed by atoms with Crippen molar-refractivity contribution in [1.82, 2.24) is 25.3 Å². The largest absolute Gasteiger partial charge is 0.354 e. The number of benzene rings is 1.